The highest BCUT2D eigenvalue weighted by Gasteiger charge is 2.16. The average molecular weight is 389 g/mol. The normalized spacial score (nSPS) is 10.9. The number of hydrogen-bond acceptors (Lipinski definition) is 4. The van der Waals surface area contributed by atoms with E-state index in [4.69, 9.17) is 4.42 Å². The molecule has 0 atom stereocenters. The fourth-order valence-electron chi connectivity index (χ4n) is 3.29. The second-order valence-corrected chi connectivity index (χ2v) is 6.77. The summed E-state index contributed by atoms with van der Waals surface area (Å²) >= 11 is 0. The van der Waals surface area contributed by atoms with Crippen LogP contribution in [-0.4, -0.2) is 15.0 Å². The lowest BCUT2D eigenvalue weighted by atomic mass is 10.2. The summed E-state index contributed by atoms with van der Waals surface area (Å²) in [6.07, 6.45) is 1.48. The Kier molecular flexibility index (Phi) is 4.87. The maximum Gasteiger partial charge on any atom is 0.332 e. The van der Waals surface area contributed by atoms with E-state index in [9.17, 15) is 14.4 Å². The second-order valence-electron chi connectivity index (χ2n) is 6.77. The van der Waals surface area contributed by atoms with Gasteiger partial charge in [-0.05, 0) is 48.9 Å². The Labute approximate surface area is 165 Å². The molecule has 0 radical (unpaired) electrons. The summed E-state index contributed by atoms with van der Waals surface area (Å²) in [6, 6.07) is 17.5. The number of nitrogens with zero attached hydrogens (tertiary/aromatic N) is 2. The van der Waals surface area contributed by atoms with Gasteiger partial charge in [0.1, 0.15) is 12.3 Å². The Morgan fingerprint density at radius 2 is 1.83 bits per heavy atom. The van der Waals surface area contributed by atoms with Crippen molar-refractivity contribution in [1.82, 2.24) is 9.13 Å². The summed E-state index contributed by atoms with van der Waals surface area (Å²) < 4.78 is 7.68. The number of hydrogen-bond donors (Lipinski definition) is 1. The number of amides is 1. The van der Waals surface area contributed by atoms with Crippen LogP contribution in [0.2, 0.25) is 0 Å². The third-order valence-electron chi connectivity index (χ3n) is 4.63. The van der Waals surface area contributed by atoms with Gasteiger partial charge >= 0.3 is 5.69 Å². The molecule has 0 saturated carbocycles. The van der Waals surface area contributed by atoms with Crippen LogP contribution in [0.3, 0.4) is 0 Å². The number of benzene rings is 2. The number of rotatable bonds is 5. The van der Waals surface area contributed by atoms with Gasteiger partial charge < -0.3 is 9.73 Å². The molecule has 7 nitrogen and oxygen atoms in total. The molecule has 0 fully saturated rings. The van der Waals surface area contributed by atoms with Crippen molar-refractivity contribution in [1.29, 1.82) is 0 Å². The number of anilines is 1. The van der Waals surface area contributed by atoms with Gasteiger partial charge in [0.25, 0.3) is 5.56 Å². The van der Waals surface area contributed by atoms with E-state index >= 15 is 0 Å². The Balaban J connectivity index is 1.75. The molecule has 0 saturated heterocycles. The zero-order chi connectivity index (χ0) is 20.4. The van der Waals surface area contributed by atoms with E-state index in [1.165, 1.54) is 10.8 Å². The van der Waals surface area contributed by atoms with Crippen LogP contribution in [0.1, 0.15) is 11.3 Å². The first-order chi connectivity index (χ1) is 14.0. The van der Waals surface area contributed by atoms with Crippen LogP contribution in [0.15, 0.2) is 80.9 Å². The van der Waals surface area contributed by atoms with Crippen molar-refractivity contribution in [2.75, 3.05) is 5.32 Å². The monoisotopic (exact) mass is 389 g/mol. The van der Waals surface area contributed by atoms with Crippen LogP contribution in [0, 0.1) is 6.92 Å². The van der Waals surface area contributed by atoms with E-state index in [0.717, 1.165) is 10.1 Å². The molecule has 146 valence electrons. The average Bonchev–Trinajstić information content (AvgIpc) is 3.22. The molecule has 1 amide bonds. The molecule has 2 heterocycles. The van der Waals surface area contributed by atoms with E-state index in [-0.39, 0.29) is 19.0 Å². The second kappa shape index (κ2) is 7.63. The molecular weight excluding hydrogens is 370 g/mol. The first-order valence-corrected chi connectivity index (χ1v) is 9.14. The van der Waals surface area contributed by atoms with Crippen molar-refractivity contribution in [2.45, 2.75) is 20.0 Å². The molecule has 2 aromatic carbocycles. The molecule has 0 aliphatic heterocycles. The number of carbonyl (C=O) groups excluding carboxylic acids is 1. The highest BCUT2D eigenvalue weighted by Crippen LogP contribution is 2.11. The number of para-hydroxylation sites is 1. The Bertz CT molecular complexity index is 1300. The predicted molar refractivity (Wildman–Crippen MR) is 110 cm³/mol. The molecule has 0 spiro atoms. The summed E-state index contributed by atoms with van der Waals surface area (Å²) in [5.74, 6) is 0.126. The minimum Gasteiger partial charge on any atom is -0.467 e. The van der Waals surface area contributed by atoms with Gasteiger partial charge in [-0.15, -0.1) is 0 Å². The van der Waals surface area contributed by atoms with Gasteiger partial charge in [0.2, 0.25) is 5.91 Å². The zero-order valence-electron chi connectivity index (χ0n) is 15.8. The van der Waals surface area contributed by atoms with Gasteiger partial charge in [-0.3, -0.25) is 18.7 Å². The van der Waals surface area contributed by atoms with Crippen LogP contribution in [0.4, 0.5) is 5.69 Å². The van der Waals surface area contributed by atoms with Gasteiger partial charge in [-0.25, -0.2) is 4.79 Å². The lowest BCUT2D eigenvalue weighted by Gasteiger charge is -2.14. The molecule has 7 heteroatoms. The molecule has 4 rings (SSSR count). The van der Waals surface area contributed by atoms with Crippen molar-refractivity contribution in [3.63, 3.8) is 0 Å². The third-order valence-corrected chi connectivity index (χ3v) is 4.63. The van der Waals surface area contributed by atoms with Crippen molar-refractivity contribution < 1.29 is 9.21 Å². The first-order valence-electron chi connectivity index (χ1n) is 9.14. The minimum atomic E-state index is -0.565. The summed E-state index contributed by atoms with van der Waals surface area (Å²) in [4.78, 5) is 38.6. The van der Waals surface area contributed by atoms with Crippen LogP contribution in [0.5, 0.6) is 0 Å². The van der Waals surface area contributed by atoms with Crippen LogP contribution >= 0.6 is 0 Å². The van der Waals surface area contributed by atoms with Crippen molar-refractivity contribution in [2.24, 2.45) is 0 Å². The highest BCUT2D eigenvalue weighted by atomic mass is 16.3. The Morgan fingerprint density at radius 3 is 2.59 bits per heavy atom. The molecule has 1 N–H and O–H groups in total. The fraction of sp³-hybridized carbons (Fsp3) is 0.136. The number of carbonyl (C=O) groups is 1. The standard InChI is InChI=1S/C22H19N3O4/c1-15-6-4-7-16(12-15)23-20(26)14-24-19-10-3-2-9-18(19)21(27)25(22(24)28)13-17-8-5-11-29-17/h2-12H,13-14H2,1H3,(H,23,26). The Morgan fingerprint density at radius 1 is 1.00 bits per heavy atom. The maximum atomic E-state index is 13.1. The van der Waals surface area contributed by atoms with Gasteiger partial charge in [0, 0.05) is 5.69 Å². The maximum absolute atomic E-state index is 13.1. The number of fused-ring (bicyclic) bond motifs is 1. The van der Waals surface area contributed by atoms with E-state index in [0.29, 0.717) is 22.4 Å². The molecule has 0 unspecified atom stereocenters. The first kappa shape index (κ1) is 18.5. The van der Waals surface area contributed by atoms with Crippen molar-refractivity contribution in [3.05, 3.63) is 99.1 Å². The number of nitrogens with one attached hydrogen (secondary N) is 1. The van der Waals surface area contributed by atoms with Gasteiger partial charge in [-0.1, -0.05) is 24.3 Å². The predicted octanol–water partition coefficient (Wildman–Crippen LogP) is 2.75. The van der Waals surface area contributed by atoms with Crippen LogP contribution in [0.25, 0.3) is 10.9 Å². The van der Waals surface area contributed by atoms with Crippen LogP contribution in [-0.2, 0) is 17.9 Å². The summed E-state index contributed by atoms with van der Waals surface area (Å²) in [5, 5.41) is 3.16. The van der Waals surface area contributed by atoms with E-state index in [1.54, 1.807) is 42.5 Å². The summed E-state index contributed by atoms with van der Waals surface area (Å²) in [7, 11) is 0. The van der Waals surface area contributed by atoms with Gasteiger partial charge in [0.15, 0.2) is 0 Å². The van der Waals surface area contributed by atoms with E-state index in [1.807, 2.05) is 25.1 Å². The topological polar surface area (TPSA) is 86.2 Å². The highest BCUT2D eigenvalue weighted by molar-refractivity contribution is 5.91. The Hall–Kier alpha value is -3.87. The molecule has 0 aliphatic carbocycles. The van der Waals surface area contributed by atoms with Crippen molar-refractivity contribution >= 4 is 22.5 Å². The quantitative estimate of drug-likeness (QED) is 0.569. The lowest BCUT2D eigenvalue weighted by Crippen LogP contribution is -2.42. The zero-order valence-corrected chi connectivity index (χ0v) is 15.8. The summed E-state index contributed by atoms with van der Waals surface area (Å²) in [5.41, 5.74) is 1.09. The molecule has 4 aromatic rings. The number of aryl methyl sites for hydroxylation is 1. The molecule has 0 bridgehead atoms. The minimum absolute atomic E-state index is 0.00496. The molecule has 29 heavy (non-hydrogen) atoms. The SMILES string of the molecule is Cc1cccc(NC(=O)Cn2c(=O)n(Cc3ccco3)c(=O)c3ccccc32)c1. The third kappa shape index (κ3) is 3.75. The lowest BCUT2D eigenvalue weighted by molar-refractivity contribution is -0.116. The number of aromatic nitrogens is 2. The van der Waals surface area contributed by atoms with E-state index in [2.05, 4.69) is 5.32 Å². The summed E-state index contributed by atoms with van der Waals surface area (Å²) in [6.45, 7) is 1.71. The van der Waals surface area contributed by atoms with Gasteiger partial charge in [0.05, 0.1) is 23.7 Å². The van der Waals surface area contributed by atoms with E-state index < -0.39 is 11.2 Å². The van der Waals surface area contributed by atoms with Crippen molar-refractivity contribution in [3.8, 4) is 0 Å². The van der Waals surface area contributed by atoms with Gasteiger partial charge in [-0.2, -0.15) is 0 Å². The smallest absolute Gasteiger partial charge is 0.332 e. The molecule has 0 aliphatic rings. The number of furan rings is 1. The van der Waals surface area contributed by atoms with Crippen LogP contribution < -0.4 is 16.6 Å². The fourth-order valence-corrected chi connectivity index (χ4v) is 3.29. The largest absolute Gasteiger partial charge is 0.467 e. The molecule has 2 aromatic heterocycles. The molecular formula is C22H19N3O4.